The lowest BCUT2D eigenvalue weighted by Gasteiger charge is -2.27. The number of carbonyl (C=O) groups is 1. The van der Waals surface area contributed by atoms with Crippen molar-refractivity contribution in [1.82, 2.24) is 19.7 Å². The molecule has 2 aromatic heterocycles. The van der Waals surface area contributed by atoms with Crippen molar-refractivity contribution < 1.29 is 14.3 Å². The molecule has 0 bridgehead atoms. The molecule has 0 saturated carbocycles. The smallest absolute Gasteiger partial charge is 0.391 e. The zero-order valence-corrected chi connectivity index (χ0v) is 16.6. The number of benzene rings is 1. The quantitative estimate of drug-likeness (QED) is 0.691. The second kappa shape index (κ2) is 6.91. The molecule has 1 aliphatic heterocycles. The van der Waals surface area contributed by atoms with Crippen LogP contribution in [0.5, 0.6) is 5.88 Å². The van der Waals surface area contributed by atoms with Crippen molar-refractivity contribution in [3.63, 3.8) is 0 Å². The molecule has 7 heteroatoms. The number of hydrogen-bond acceptors (Lipinski definition) is 5. The maximum atomic E-state index is 12.3. The Labute approximate surface area is 163 Å². The lowest BCUT2D eigenvalue weighted by atomic mass is 9.90. The number of pyridine rings is 1. The van der Waals surface area contributed by atoms with E-state index in [2.05, 4.69) is 26.8 Å². The Hall–Kier alpha value is -2.93. The third-order valence-electron chi connectivity index (χ3n) is 4.78. The molecule has 3 aromatic rings. The van der Waals surface area contributed by atoms with Crippen molar-refractivity contribution in [3.05, 3.63) is 47.7 Å². The minimum absolute atomic E-state index is 0.157. The SMILES string of the molecule is COCCN1Cc2cc3c(C(C)(C)C)nn(-c4ccccc4)c3nc2OC1=O. The predicted molar refractivity (Wildman–Crippen MR) is 106 cm³/mol. The van der Waals surface area contributed by atoms with Crippen LogP contribution in [-0.2, 0) is 16.7 Å². The van der Waals surface area contributed by atoms with Gasteiger partial charge in [0.05, 0.1) is 24.5 Å². The van der Waals surface area contributed by atoms with Crippen molar-refractivity contribution in [3.8, 4) is 11.6 Å². The summed E-state index contributed by atoms with van der Waals surface area (Å²) in [4.78, 5) is 18.6. The predicted octanol–water partition coefficient (Wildman–Crippen LogP) is 3.68. The summed E-state index contributed by atoms with van der Waals surface area (Å²) >= 11 is 0. The maximum Gasteiger partial charge on any atom is 0.416 e. The fourth-order valence-electron chi connectivity index (χ4n) is 3.36. The van der Waals surface area contributed by atoms with Gasteiger partial charge >= 0.3 is 6.09 Å². The highest BCUT2D eigenvalue weighted by Gasteiger charge is 2.30. The van der Waals surface area contributed by atoms with Crippen molar-refractivity contribution in [2.75, 3.05) is 20.3 Å². The number of rotatable bonds is 4. The standard InChI is InChI=1S/C21H24N4O3/c1-21(2,3)17-16-12-14-13-24(10-11-27-4)20(26)28-19(14)22-18(16)25(23-17)15-8-6-5-7-9-15/h5-9,12H,10-11,13H2,1-4H3. The van der Waals surface area contributed by atoms with Crippen LogP contribution in [-0.4, -0.2) is 46.0 Å². The van der Waals surface area contributed by atoms with Crippen LogP contribution in [0, 0.1) is 0 Å². The average molecular weight is 380 g/mol. The van der Waals surface area contributed by atoms with Gasteiger partial charge in [0, 0.05) is 30.0 Å². The Kier molecular flexibility index (Phi) is 4.55. The van der Waals surface area contributed by atoms with E-state index in [1.807, 2.05) is 35.0 Å². The third-order valence-corrected chi connectivity index (χ3v) is 4.78. The normalized spacial score (nSPS) is 14.3. The van der Waals surface area contributed by atoms with Gasteiger partial charge in [0.15, 0.2) is 5.65 Å². The lowest BCUT2D eigenvalue weighted by molar-refractivity contribution is 0.110. The molecule has 0 unspecified atom stereocenters. The fourth-order valence-corrected chi connectivity index (χ4v) is 3.36. The molecule has 28 heavy (non-hydrogen) atoms. The largest absolute Gasteiger partial charge is 0.416 e. The summed E-state index contributed by atoms with van der Waals surface area (Å²) < 4.78 is 12.4. The highest BCUT2D eigenvalue weighted by Crippen LogP contribution is 2.34. The van der Waals surface area contributed by atoms with Gasteiger partial charge in [-0.25, -0.2) is 9.48 Å². The van der Waals surface area contributed by atoms with E-state index in [1.165, 1.54) is 0 Å². The van der Waals surface area contributed by atoms with E-state index in [4.69, 9.17) is 19.6 Å². The van der Waals surface area contributed by atoms with E-state index in [-0.39, 0.29) is 5.41 Å². The van der Waals surface area contributed by atoms with E-state index >= 15 is 0 Å². The first-order valence-electron chi connectivity index (χ1n) is 9.32. The van der Waals surface area contributed by atoms with Crippen molar-refractivity contribution in [1.29, 1.82) is 0 Å². The number of aromatic nitrogens is 3. The number of fused-ring (bicyclic) bond motifs is 2. The van der Waals surface area contributed by atoms with Crippen LogP contribution in [0.15, 0.2) is 36.4 Å². The van der Waals surface area contributed by atoms with E-state index in [1.54, 1.807) is 12.0 Å². The summed E-state index contributed by atoms with van der Waals surface area (Å²) in [5.41, 5.74) is 3.28. The molecule has 3 heterocycles. The van der Waals surface area contributed by atoms with Crippen LogP contribution in [0.2, 0.25) is 0 Å². The zero-order chi connectivity index (χ0) is 19.9. The molecule has 1 aromatic carbocycles. The van der Waals surface area contributed by atoms with Crippen LogP contribution in [0.3, 0.4) is 0 Å². The third kappa shape index (κ3) is 3.22. The minimum Gasteiger partial charge on any atom is -0.391 e. The van der Waals surface area contributed by atoms with Gasteiger partial charge in [-0.15, -0.1) is 0 Å². The summed E-state index contributed by atoms with van der Waals surface area (Å²) in [6.45, 7) is 7.78. The topological polar surface area (TPSA) is 69.5 Å². The van der Waals surface area contributed by atoms with Crippen LogP contribution < -0.4 is 4.74 Å². The number of amides is 1. The maximum absolute atomic E-state index is 12.3. The molecule has 146 valence electrons. The molecular formula is C21H24N4O3. The Morgan fingerprint density at radius 1 is 1.21 bits per heavy atom. The lowest BCUT2D eigenvalue weighted by Crippen LogP contribution is -2.39. The molecule has 0 aliphatic carbocycles. The minimum atomic E-state index is -0.404. The number of para-hydroxylation sites is 1. The summed E-state index contributed by atoms with van der Waals surface area (Å²) in [7, 11) is 1.61. The summed E-state index contributed by atoms with van der Waals surface area (Å²) in [5.74, 6) is 0.351. The molecule has 0 fully saturated rings. The molecule has 0 N–H and O–H groups in total. The molecule has 0 radical (unpaired) electrons. The molecule has 4 rings (SSSR count). The summed E-state index contributed by atoms with van der Waals surface area (Å²) in [6.07, 6.45) is -0.404. The van der Waals surface area contributed by atoms with Crippen LogP contribution >= 0.6 is 0 Å². The van der Waals surface area contributed by atoms with Gasteiger partial charge in [0.25, 0.3) is 0 Å². The van der Waals surface area contributed by atoms with Crippen LogP contribution in [0.1, 0.15) is 32.0 Å². The average Bonchev–Trinajstić information content (AvgIpc) is 3.04. The Morgan fingerprint density at radius 2 is 1.96 bits per heavy atom. The number of carbonyl (C=O) groups excluding carboxylic acids is 1. The zero-order valence-electron chi connectivity index (χ0n) is 16.6. The molecule has 1 amide bonds. The Balaban J connectivity index is 1.87. The van der Waals surface area contributed by atoms with Crippen LogP contribution in [0.4, 0.5) is 4.79 Å². The van der Waals surface area contributed by atoms with Gasteiger partial charge in [-0.1, -0.05) is 39.0 Å². The number of nitrogens with zero attached hydrogens (tertiary/aromatic N) is 4. The van der Waals surface area contributed by atoms with E-state index in [0.29, 0.717) is 31.2 Å². The number of methoxy groups -OCH3 is 1. The second-order valence-corrected chi connectivity index (χ2v) is 7.95. The van der Waals surface area contributed by atoms with Gasteiger partial charge in [0.1, 0.15) is 0 Å². The van der Waals surface area contributed by atoms with Crippen molar-refractivity contribution in [2.24, 2.45) is 0 Å². The van der Waals surface area contributed by atoms with E-state index in [0.717, 1.165) is 22.3 Å². The number of ether oxygens (including phenoxy) is 2. The first-order valence-corrected chi connectivity index (χ1v) is 9.32. The van der Waals surface area contributed by atoms with Gasteiger partial charge in [-0.2, -0.15) is 10.1 Å². The fraction of sp³-hybridized carbons (Fsp3) is 0.381. The van der Waals surface area contributed by atoms with Gasteiger partial charge in [-0.3, -0.25) is 0 Å². The molecule has 7 nitrogen and oxygen atoms in total. The van der Waals surface area contributed by atoms with Gasteiger partial charge < -0.3 is 14.4 Å². The highest BCUT2D eigenvalue weighted by atomic mass is 16.6. The summed E-state index contributed by atoms with van der Waals surface area (Å²) in [6, 6.07) is 11.9. The first-order chi connectivity index (χ1) is 13.4. The molecule has 0 spiro atoms. The number of hydrogen-bond donors (Lipinski definition) is 0. The van der Waals surface area contributed by atoms with Gasteiger partial charge in [0.2, 0.25) is 5.88 Å². The monoisotopic (exact) mass is 380 g/mol. The molecular weight excluding hydrogens is 356 g/mol. The summed E-state index contributed by atoms with van der Waals surface area (Å²) in [5, 5.41) is 5.84. The Morgan fingerprint density at radius 3 is 2.64 bits per heavy atom. The van der Waals surface area contributed by atoms with E-state index < -0.39 is 6.09 Å². The molecule has 1 aliphatic rings. The van der Waals surface area contributed by atoms with Gasteiger partial charge in [-0.05, 0) is 18.2 Å². The first kappa shape index (κ1) is 18.4. The second-order valence-electron chi connectivity index (χ2n) is 7.95. The Bertz CT molecular complexity index is 1020. The van der Waals surface area contributed by atoms with Crippen molar-refractivity contribution in [2.45, 2.75) is 32.7 Å². The highest BCUT2D eigenvalue weighted by molar-refractivity contribution is 5.84. The molecule has 0 saturated heterocycles. The van der Waals surface area contributed by atoms with Crippen molar-refractivity contribution >= 4 is 17.1 Å². The van der Waals surface area contributed by atoms with E-state index in [9.17, 15) is 4.79 Å². The molecule has 0 atom stereocenters. The van der Waals surface area contributed by atoms with Crippen LogP contribution in [0.25, 0.3) is 16.7 Å².